The Morgan fingerprint density at radius 3 is 3.05 bits per heavy atom. The quantitative estimate of drug-likeness (QED) is 0.932. The highest BCUT2D eigenvalue weighted by atomic mass is 32.1. The van der Waals surface area contributed by atoms with Gasteiger partial charge in [-0.3, -0.25) is 14.4 Å². The van der Waals surface area contributed by atoms with E-state index in [0.717, 1.165) is 29.5 Å². The largest absolute Gasteiger partial charge is 0.352 e. The molecular formula is C15H21N5OS. The van der Waals surface area contributed by atoms with E-state index in [4.69, 9.17) is 0 Å². The second-order valence-electron chi connectivity index (χ2n) is 5.97. The normalized spacial score (nSPS) is 18.5. The Morgan fingerprint density at radius 2 is 2.36 bits per heavy atom. The number of hydrogen-bond acceptors (Lipinski definition) is 5. The number of nitrogens with zero attached hydrogens (tertiary/aromatic N) is 4. The van der Waals surface area contributed by atoms with E-state index in [2.05, 4.69) is 25.7 Å². The van der Waals surface area contributed by atoms with Gasteiger partial charge in [-0.05, 0) is 26.8 Å². The highest BCUT2D eigenvalue weighted by Crippen LogP contribution is 2.22. The molecule has 118 valence electrons. The van der Waals surface area contributed by atoms with Gasteiger partial charge >= 0.3 is 0 Å². The Labute approximate surface area is 134 Å². The minimum atomic E-state index is -0.277. The van der Waals surface area contributed by atoms with Crippen molar-refractivity contribution in [2.24, 2.45) is 0 Å². The molecule has 0 aliphatic carbocycles. The molecule has 1 atom stereocenters. The average molecular weight is 319 g/mol. The molecule has 1 unspecified atom stereocenters. The first kappa shape index (κ1) is 15.2. The third-order valence-corrected chi connectivity index (χ3v) is 4.47. The van der Waals surface area contributed by atoms with E-state index >= 15 is 0 Å². The van der Waals surface area contributed by atoms with E-state index in [-0.39, 0.29) is 18.0 Å². The number of rotatable bonds is 4. The van der Waals surface area contributed by atoms with E-state index in [1.165, 1.54) is 0 Å². The number of hydrogen-bond donors (Lipinski definition) is 1. The van der Waals surface area contributed by atoms with Crippen LogP contribution in [0.3, 0.4) is 0 Å². The molecule has 6 nitrogen and oxygen atoms in total. The van der Waals surface area contributed by atoms with E-state index < -0.39 is 0 Å². The molecule has 7 heteroatoms. The summed E-state index contributed by atoms with van der Waals surface area (Å²) in [5.41, 5.74) is 2.14. The summed E-state index contributed by atoms with van der Waals surface area (Å²) in [7, 11) is 0. The van der Waals surface area contributed by atoms with Crippen molar-refractivity contribution < 1.29 is 4.79 Å². The van der Waals surface area contributed by atoms with Gasteiger partial charge in [-0.2, -0.15) is 5.10 Å². The molecule has 3 heterocycles. The lowest BCUT2D eigenvalue weighted by Gasteiger charge is -2.33. The van der Waals surface area contributed by atoms with Gasteiger partial charge in [0.05, 0.1) is 16.4 Å². The molecule has 1 N–H and O–H groups in total. The van der Waals surface area contributed by atoms with Crippen molar-refractivity contribution >= 4 is 17.2 Å². The van der Waals surface area contributed by atoms with Crippen molar-refractivity contribution in [3.63, 3.8) is 0 Å². The second kappa shape index (κ2) is 6.18. The van der Waals surface area contributed by atoms with Crippen LogP contribution in [0, 0.1) is 6.92 Å². The van der Waals surface area contributed by atoms with Crippen LogP contribution in [0.2, 0.25) is 0 Å². The first-order chi connectivity index (χ1) is 10.5. The first-order valence-electron chi connectivity index (χ1n) is 7.49. The van der Waals surface area contributed by atoms with Gasteiger partial charge in [0.1, 0.15) is 6.04 Å². The van der Waals surface area contributed by atoms with Crippen molar-refractivity contribution in [1.82, 2.24) is 25.0 Å². The molecule has 2 aromatic rings. The van der Waals surface area contributed by atoms with Crippen molar-refractivity contribution in [3.8, 4) is 0 Å². The fourth-order valence-corrected chi connectivity index (χ4v) is 3.37. The molecule has 22 heavy (non-hydrogen) atoms. The third kappa shape index (κ3) is 3.20. The van der Waals surface area contributed by atoms with Gasteiger partial charge in [0, 0.05) is 37.3 Å². The zero-order valence-corrected chi connectivity index (χ0v) is 13.9. The number of carbonyl (C=O) groups is 1. The predicted octanol–water partition coefficient (Wildman–Crippen LogP) is 1.73. The van der Waals surface area contributed by atoms with Crippen LogP contribution in [0.4, 0.5) is 0 Å². The molecule has 1 amide bonds. The summed E-state index contributed by atoms with van der Waals surface area (Å²) >= 11 is 1.66. The molecule has 0 saturated carbocycles. The third-order valence-electron chi connectivity index (χ3n) is 3.65. The zero-order valence-electron chi connectivity index (χ0n) is 13.1. The lowest BCUT2D eigenvalue weighted by molar-refractivity contribution is -0.126. The summed E-state index contributed by atoms with van der Waals surface area (Å²) in [5, 5.41) is 10.5. The Hall–Kier alpha value is -1.73. The number of thiazole rings is 1. The number of aromatic nitrogens is 3. The summed E-state index contributed by atoms with van der Waals surface area (Å²) in [5.74, 6) is 0.0270. The van der Waals surface area contributed by atoms with Crippen molar-refractivity contribution in [3.05, 3.63) is 34.0 Å². The summed E-state index contributed by atoms with van der Waals surface area (Å²) in [6, 6.07) is 1.83. The standard InChI is InChI=1S/C15H21N5OS/c1-10(2)17-15(21)14-8-19(6-12-9-22-11(3)18-12)7-13-4-5-16-20(13)14/h4-5,9-10,14H,6-8H2,1-3H3,(H,17,21). The summed E-state index contributed by atoms with van der Waals surface area (Å²) < 4.78 is 1.85. The summed E-state index contributed by atoms with van der Waals surface area (Å²) in [6.45, 7) is 8.17. The van der Waals surface area contributed by atoms with E-state index in [0.29, 0.717) is 6.54 Å². The van der Waals surface area contributed by atoms with Crippen LogP contribution in [-0.2, 0) is 17.9 Å². The number of fused-ring (bicyclic) bond motifs is 1. The second-order valence-corrected chi connectivity index (χ2v) is 7.04. The lowest BCUT2D eigenvalue weighted by atomic mass is 10.1. The Kier molecular flexibility index (Phi) is 4.26. The van der Waals surface area contributed by atoms with Crippen molar-refractivity contribution in [2.45, 2.75) is 45.9 Å². The van der Waals surface area contributed by atoms with Crippen molar-refractivity contribution in [2.75, 3.05) is 6.54 Å². The van der Waals surface area contributed by atoms with E-state index in [1.54, 1.807) is 17.5 Å². The van der Waals surface area contributed by atoms with E-state index in [9.17, 15) is 4.79 Å². The molecule has 1 aliphatic rings. The number of aryl methyl sites for hydroxylation is 1. The number of nitrogens with one attached hydrogen (secondary N) is 1. The van der Waals surface area contributed by atoms with Crippen LogP contribution < -0.4 is 5.32 Å². The van der Waals surface area contributed by atoms with E-state index in [1.807, 2.05) is 31.5 Å². The van der Waals surface area contributed by atoms with Crippen LogP contribution in [0.5, 0.6) is 0 Å². The predicted molar refractivity (Wildman–Crippen MR) is 85.5 cm³/mol. The summed E-state index contributed by atoms with van der Waals surface area (Å²) in [4.78, 5) is 19.2. The van der Waals surface area contributed by atoms with Gasteiger partial charge in [-0.1, -0.05) is 0 Å². The molecule has 0 saturated heterocycles. The molecule has 0 bridgehead atoms. The summed E-state index contributed by atoms with van der Waals surface area (Å²) in [6.07, 6.45) is 1.77. The fraction of sp³-hybridized carbons (Fsp3) is 0.533. The maximum Gasteiger partial charge on any atom is 0.246 e. The van der Waals surface area contributed by atoms with Crippen LogP contribution >= 0.6 is 11.3 Å². The first-order valence-corrected chi connectivity index (χ1v) is 8.37. The highest BCUT2D eigenvalue weighted by Gasteiger charge is 2.31. The van der Waals surface area contributed by atoms with Crippen LogP contribution in [0.15, 0.2) is 17.6 Å². The van der Waals surface area contributed by atoms with Crippen LogP contribution in [-0.4, -0.2) is 38.2 Å². The van der Waals surface area contributed by atoms with Gasteiger partial charge < -0.3 is 5.32 Å². The molecule has 0 fully saturated rings. The average Bonchev–Trinajstić information content (AvgIpc) is 3.06. The molecular weight excluding hydrogens is 298 g/mol. The SMILES string of the molecule is Cc1nc(CN2Cc3ccnn3C(C(=O)NC(C)C)C2)cs1. The molecule has 1 aliphatic heterocycles. The monoisotopic (exact) mass is 319 g/mol. The zero-order chi connectivity index (χ0) is 15.7. The van der Waals surface area contributed by atoms with Gasteiger partial charge in [0.2, 0.25) is 5.91 Å². The maximum absolute atomic E-state index is 12.5. The van der Waals surface area contributed by atoms with Crippen LogP contribution in [0.25, 0.3) is 0 Å². The van der Waals surface area contributed by atoms with Crippen LogP contribution in [0.1, 0.15) is 36.3 Å². The molecule has 2 aromatic heterocycles. The molecule has 0 aromatic carbocycles. The topological polar surface area (TPSA) is 63.1 Å². The molecule has 3 rings (SSSR count). The molecule has 0 spiro atoms. The van der Waals surface area contributed by atoms with Gasteiger partial charge in [0.25, 0.3) is 0 Å². The smallest absolute Gasteiger partial charge is 0.246 e. The van der Waals surface area contributed by atoms with Crippen molar-refractivity contribution in [1.29, 1.82) is 0 Å². The van der Waals surface area contributed by atoms with Gasteiger partial charge in [-0.15, -0.1) is 11.3 Å². The fourth-order valence-electron chi connectivity index (χ4n) is 2.77. The maximum atomic E-state index is 12.5. The highest BCUT2D eigenvalue weighted by molar-refractivity contribution is 7.09. The Morgan fingerprint density at radius 1 is 1.55 bits per heavy atom. The Bertz CT molecular complexity index is 662. The Balaban J connectivity index is 1.77. The minimum Gasteiger partial charge on any atom is -0.352 e. The minimum absolute atomic E-state index is 0.0270. The van der Waals surface area contributed by atoms with Gasteiger partial charge in [0.15, 0.2) is 0 Å². The number of amides is 1. The lowest BCUT2D eigenvalue weighted by Crippen LogP contribution is -2.46. The molecule has 0 radical (unpaired) electrons. The van der Waals surface area contributed by atoms with Gasteiger partial charge in [-0.25, -0.2) is 4.98 Å². The number of carbonyl (C=O) groups excluding carboxylic acids is 1.